The molecule has 1 rings (SSSR count). The molecular formula is C14H24O5. The molecule has 1 aliphatic carbocycles. The van der Waals surface area contributed by atoms with Crippen molar-refractivity contribution in [3.05, 3.63) is 12.2 Å². The Morgan fingerprint density at radius 2 is 1.74 bits per heavy atom. The standard InChI is InChI=1S/C14H24O5/c1-9-5-6-10(8-12(16)11(15)7-9)18-13(17)19-14(2,3)4/h5-6,9-12,15-16H,7-8H2,1-4H3/b6-5+. The van der Waals surface area contributed by atoms with E-state index in [2.05, 4.69) is 0 Å². The largest absolute Gasteiger partial charge is 0.509 e. The molecule has 0 aliphatic heterocycles. The summed E-state index contributed by atoms with van der Waals surface area (Å²) in [4.78, 5) is 11.6. The molecule has 0 radical (unpaired) electrons. The van der Waals surface area contributed by atoms with Crippen LogP contribution in [0.3, 0.4) is 0 Å². The molecule has 0 saturated carbocycles. The normalized spacial score (nSPS) is 34.0. The first-order chi connectivity index (χ1) is 8.67. The number of carbonyl (C=O) groups is 1. The molecule has 0 bridgehead atoms. The van der Waals surface area contributed by atoms with Crippen LogP contribution in [-0.4, -0.2) is 40.3 Å². The summed E-state index contributed by atoms with van der Waals surface area (Å²) in [5.41, 5.74) is -0.617. The van der Waals surface area contributed by atoms with Crippen LogP contribution in [0.2, 0.25) is 0 Å². The van der Waals surface area contributed by atoms with Crippen LogP contribution >= 0.6 is 0 Å². The van der Waals surface area contributed by atoms with E-state index in [-0.39, 0.29) is 12.3 Å². The molecule has 0 fully saturated rings. The third kappa shape index (κ3) is 6.07. The molecule has 4 atom stereocenters. The summed E-state index contributed by atoms with van der Waals surface area (Å²) in [6.45, 7) is 7.19. The van der Waals surface area contributed by atoms with E-state index in [9.17, 15) is 15.0 Å². The number of carbonyl (C=O) groups excluding carboxylic acids is 1. The summed E-state index contributed by atoms with van der Waals surface area (Å²) in [7, 11) is 0. The number of hydrogen-bond acceptors (Lipinski definition) is 5. The van der Waals surface area contributed by atoms with E-state index in [4.69, 9.17) is 9.47 Å². The topological polar surface area (TPSA) is 76.0 Å². The van der Waals surface area contributed by atoms with Crippen LogP contribution in [0.15, 0.2) is 12.2 Å². The average molecular weight is 272 g/mol. The van der Waals surface area contributed by atoms with Crippen molar-refractivity contribution in [2.45, 2.75) is 64.4 Å². The summed E-state index contributed by atoms with van der Waals surface area (Å²) in [6, 6.07) is 0. The van der Waals surface area contributed by atoms with Crippen LogP contribution in [0.5, 0.6) is 0 Å². The van der Waals surface area contributed by atoms with Gasteiger partial charge < -0.3 is 19.7 Å². The van der Waals surface area contributed by atoms with Crippen molar-refractivity contribution in [1.29, 1.82) is 0 Å². The molecule has 5 heteroatoms. The van der Waals surface area contributed by atoms with Gasteiger partial charge in [-0.1, -0.05) is 13.0 Å². The second-order valence-corrected chi connectivity index (χ2v) is 6.09. The van der Waals surface area contributed by atoms with E-state index in [1.165, 1.54) is 0 Å². The molecule has 5 nitrogen and oxygen atoms in total. The molecule has 0 saturated heterocycles. The minimum absolute atomic E-state index is 0.120. The lowest BCUT2D eigenvalue weighted by Crippen LogP contribution is -2.35. The Labute approximate surface area is 114 Å². The zero-order valence-corrected chi connectivity index (χ0v) is 12.0. The zero-order valence-electron chi connectivity index (χ0n) is 12.0. The number of hydrogen-bond donors (Lipinski definition) is 2. The highest BCUT2D eigenvalue weighted by molar-refractivity contribution is 5.61. The fourth-order valence-corrected chi connectivity index (χ4v) is 1.89. The van der Waals surface area contributed by atoms with Crippen LogP contribution in [0, 0.1) is 5.92 Å². The molecule has 0 heterocycles. The van der Waals surface area contributed by atoms with Crippen molar-refractivity contribution in [2.75, 3.05) is 0 Å². The molecule has 0 aromatic carbocycles. The SMILES string of the molecule is CC1/C=C/C(OC(=O)OC(C)(C)C)CC(O)C(O)C1. The van der Waals surface area contributed by atoms with E-state index in [0.29, 0.717) is 6.42 Å². The first kappa shape index (κ1) is 16.0. The molecular weight excluding hydrogens is 248 g/mol. The number of rotatable bonds is 1. The molecule has 0 aromatic rings. The van der Waals surface area contributed by atoms with Gasteiger partial charge in [0.25, 0.3) is 0 Å². The maximum Gasteiger partial charge on any atom is 0.509 e. The van der Waals surface area contributed by atoms with Gasteiger partial charge in [-0.05, 0) is 39.2 Å². The highest BCUT2D eigenvalue weighted by Gasteiger charge is 2.27. The smallest absolute Gasteiger partial charge is 0.429 e. The maximum atomic E-state index is 11.6. The van der Waals surface area contributed by atoms with Gasteiger partial charge in [0.2, 0.25) is 0 Å². The van der Waals surface area contributed by atoms with Crippen molar-refractivity contribution in [3.8, 4) is 0 Å². The summed E-state index contributed by atoms with van der Waals surface area (Å²) in [5.74, 6) is 0.120. The molecule has 110 valence electrons. The minimum Gasteiger partial charge on any atom is -0.429 e. The van der Waals surface area contributed by atoms with Gasteiger partial charge in [-0.15, -0.1) is 0 Å². The van der Waals surface area contributed by atoms with Crippen LogP contribution in [-0.2, 0) is 9.47 Å². The van der Waals surface area contributed by atoms with Gasteiger partial charge in [-0.3, -0.25) is 0 Å². The summed E-state index contributed by atoms with van der Waals surface area (Å²) in [5, 5.41) is 19.5. The fraction of sp³-hybridized carbons (Fsp3) is 0.786. The summed E-state index contributed by atoms with van der Waals surface area (Å²) < 4.78 is 10.2. The number of aliphatic hydroxyl groups excluding tert-OH is 2. The van der Waals surface area contributed by atoms with Crippen molar-refractivity contribution < 1.29 is 24.5 Å². The van der Waals surface area contributed by atoms with E-state index >= 15 is 0 Å². The van der Waals surface area contributed by atoms with E-state index in [1.54, 1.807) is 26.8 Å². The van der Waals surface area contributed by atoms with Crippen molar-refractivity contribution in [1.82, 2.24) is 0 Å². The molecule has 0 aromatic heterocycles. The Morgan fingerprint density at radius 1 is 1.16 bits per heavy atom. The third-order valence-electron chi connectivity index (χ3n) is 2.82. The van der Waals surface area contributed by atoms with Crippen molar-refractivity contribution in [3.63, 3.8) is 0 Å². The van der Waals surface area contributed by atoms with E-state index in [0.717, 1.165) is 0 Å². The Kier molecular flexibility index (Phi) is 5.38. The van der Waals surface area contributed by atoms with Gasteiger partial charge in [0.15, 0.2) is 0 Å². The molecule has 0 amide bonds. The zero-order chi connectivity index (χ0) is 14.6. The number of allylic oxidation sites excluding steroid dienone is 1. The molecule has 0 spiro atoms. The average Bonchev–Trinajstić information content (AvgIpc) is 2.21. The van der Waals surface area contributed by atoms with Gasteiger partial charge in [0.05, 0.1) is 12.2 Å². The Bertz CT molecular complexity index is 331. The molecule has 19 heavy (non-hydrogen) atoms. The summed E-state index contributed by atoms with van der Waals surface area (Å²) in [6.07, 6.45) is 1.23. The fourth-order valence-electron chi connectivity index (χ4n) is 1.89. The van der Waals surface area contributed by atoms with Crippen LogP contribution in [0.25, 0.3) is 0 Å². The lowest BCUT2D eigenvalue weighted by atomic mass is 9.93. The Balaban J connectivity index is 2.63. The van der Waals surface area contributed by atoms with Gasteiger partial charge in [-0.25, -0.2) is 4.79 Å². The van der Waals surface area contributed by atoms with Crippen LogP contribution in [0.4, 0.5) is 4.79 Å². The second kappa shape index (κ2) is 6.39. The maximum absolute atomic E-state index is 11.6. The van der Waals surface area contributed by atoms with Gasteiger partial charge >= 0.3 is 6.16 Å². The number of ether oxygens (including phenoxy) is 2. The van der Waals surface area contributed by atoms with Crippen LogP contribution in [0.1, 0.15) is 40.5 Å². The first-order valence-electron chi connectivity index (χ1n) is 6.61. The van der Waals surface area contributed by atoms with Gasteiger partial charge in [0, 0.05) is 6.42 Å². The lowest BCUT2D eigenvalue weighted by Gasteiger charge is -2.27. The number of aliphatic hydroxyl groups is 2. The first-order valence-corrected chi connectivity index (χ1v) is 6.61. The van der Waals surface area contributed by atoms with E-state index < -0.39 is 30.1 Å². The van der Waals surface area contributed by atoms with Crippen LogP contribution < -0.4 is 0 Å². The molecule has 1 aliphatic rings. The molecule has 4 unspecified atom stereocenters. The predicted molar refractivity (Wildman–Crippen MR) is 70.7 cm³/mol. The van der Waals surface area contributed by atoms with Crippen molar-refractivity contribution >= 4 is 6.16 Å². The minimum atomic E-state index is -0.903. The highest BCUT2D eigenvalue weighted by Crippen LogP contribution is 2.20. The third-order valence-corrected chi connectivity index (χ3v) is 2.82. The Hall–Kier alpha value is -1.07. The second-order valence-electron chi connectivity index (χ2n) is 6.09. The predicted octanol–water partition coefficient (Wildman–Crippen LogP) is 2.01. The lowest BCUT2D eigenvalue weighted by molar-refractivity contribution is -0.0457. The molecule has 2 N–H and O–H groups in total. The van der Waals surface area contributed by atoms with E-state index in [1.807, 2.05) is 13.0 Å². The highest BCUT2D eigenvalue weighted by atomic mass is 16.7. The Morgan fingerprint density at radius 3 is 2.32 bits per heavy atom. The van der Waals surface area contributed by atoms with Gasteiger partial charge in [-0.2, -0.15) is 0 Å². The quantitative estimate of drug-likeness (QED) is 0.564. The monoisotopic (exact) mass is 272 g/mol. The summed E-state index contributed by atoms with van der Waals surface area (Å²) >= 11 is 0. The van der Waals surface area contributed by atoms with Crippen molar-refractivity contribution in [2.24, 2.45) is 5.92 Å². The van der Waals surface area contributed by atoms with Gasteiger partial charge in [0.1, 0.15) is 11.7 Å².